The number of carbonyl (C=O) groups is 1. The quantitative estimate of drug-likeness (QED) is 0.706. The zero-order valence-corrected chi connectivity index (χ0v) is 13.3. The van der Waals surface area contributed by atoms with Crippen molar-refractivity contribution in [3.63, 3.8) is 0 Å². The van der Waals surface area contributed by atoms with Crippen molar-refractivity contribution in [2.75, 3.05) is 6.61 Å². The minimum absolute atomic E-state index is 0.246. The van der Waals surface area contributed by atoms with Gasteiger partial charge in [0.05, 0.1) is 18.9 Å². The maximum absolute atomic E-state index is 12.3. The molecule has 1 atom stereocenters. The number of nitrogens with zero attached hydrogens (tertiary/aromatic N) is 2. The molecule has 0 saturated carbocycles. The van der Waals surface area contributed by atoms with Crippen molar-refractivity contribution in [1.29, 1.82) is 0 Å². The van der Waals surface area contributed by atoms with E-state index in [0.717, 1.165) is 10.2 Å². The van der Waals surface area contributed by atoms with Crippen LogP contribution in [0.15, 0.2) is 70.1 Å². The molecule has 0 aliphatic heterocycles. The maximum Gasteiger partial charge on any atom is 0.267 e. The average Bonchev–Trinajstić information content (AvgIpc) is 3.17. The van der Waals surface area contributed by atoms with Gasteiger partial charge in [-0.3, -0.25) is 9.59 Å². The molecule has 25 heavy (non-hydrogen) atoms. The molecule has 2 heterocycles. The van der Waals surface area contributed by atoms with Crippen LogP contribution in [0.5, 0.6) is 0 Å². The Morgan fingerprint density at radius 3 is 2.64 bits per heavy atom. The Morgan fingerprint density at radius 1 is 1.16 bits per heavy atom. The zero-order chi connectivity index (χ0) is 17.6. The lowest BCUT2D eigenvalue weighted by molar-refractivity contribution is -0.123. The second-order valence-corrected chi connectivity index (χ2v) is 5.41. The van der Waals surface area contributed by atoms with Crippen LogP contribution in [-0.4, -0.2) is 27.4 Å². The molecule has 3 aromatic rings. The highest BCUT2D eigenvalue weighted by Gasteiger charge is 2.15. The number of aliphatic hydroxyl groups is 1. The topological polar surface area (TPSA) is 97.4 Å². The summed E-state index contributed by atoms with van der Waals surface area (Å²) in [4.78, 5) is 24.2. The number of amides is 1. The SMILES string of the molecule is O=C(Cn1nc(-c2ccco2)ccc1=O)N[C@@H](CO)c1ccccc1. The van der Waals surface area contributed by atoms with Gasteiger partial charge in [0.1, 0.15) is 12.2 Å². The molecule has 128 valence electrons. The normalized spacial score (nSPS) is 11.9. The van der Waals surface area contributed by atoms with Crippen LogP contribution in [0.2, 0.25) is 0 Å². The van der Waals surface area contributed by atoms with Crippen molar-refractivity contribution in [3.8, 4) is 11.5 Å². The molecule has 2 aromatic heterocycles. The first kappa shape index (κ1) is 16.7. The number of hydrogen-bond acceptors (Lipinski definition) is 5. The first-order valence-corrected chi connectivity index (χ1v) is 7.74. The second-order valence-electron chi connectivity index (χ2n) is 5.41. The van der Waals surface area contributed by atoms with Crippen molar-refractivity contribution >= 4 is 5.91 Å². The molecule has 0 aliphatic carbocycles. The minimum atomic E-state index is -0.544. The zero-order valence-electron chi connectivity index (χ0n) is 13.3. The molecule has 0 radical (unpaired) electrons. The van der Waals surface area contributed by atoms with E-state index in [4.69, 9.17) is 4.42 Å². The summed E-state index contributed by atoms with van der Waals surface area (Å²) in [5.41, 5.74) is 0.841. The van der Waals surface area contributed by atoms with Gasteiger partial charge >= 0.3 is 0 Å². The number of aliphatic hydroxyl groups excluding tert-OH is 1. The molecule has 1 aromatic carbocycles. The average molecular weight is 339 g/mol. The molecule has 0 unspecified atom stereocenters. The van der Waals surface area contributed by atoms with Crippen LogP contribution in [0.25, 0.3) is 11.5 Å². The van der Waals surface area contributed by atoms with E-state index in [2.05, 4.69) is 10.4 Å². The Balaban J connectivity index is 1.74. The van der Waals surface area contributed by atoms with Crippen molar-refractivity contribution in [2.24, 2.45) is 0 Å². The van der Waals surface area contributed by atoms with Gasteiger partial charge in [-0.05, 0) is 23.8 Å². The molecular formula is C18H17N3O4. The lowest BCUT2D eigenvalue weighted by atomic mass is 10.1. The molecule has 0 saturated heterocycles. The summed E-state index contributed by atoms with van der Waals surface area (Å²) in [7, 11) is 0. The van der Waals surface area contributed by atoms with Gasteiger partial charge in [0.25, 0.3) is 5.56 Å². The van der Waals surface area contributed by atoms with Crippen molar-refractivity contribution in [3.05, 3.63) is 76.8 Å². The highest BCUT2D eigenvalue weighted by atomic mass is 16.3. The number of hydrogen-bond donors (Lipinski definition) is 2. The van der Waals surface area contributed by atoms with Crippen molar-refractivity contribution in [2.45, 2.75) is 12.6 Å². The molecule has 0 spiro atoms. The first-order valence-electron chi connectivity index (χ1n) is 7.74. The van der Waals surface area contributed by atoms with E-state index in [1.165, 1.54) is 18.4 Å². The van der Waals surface area contributed by atoms with E-state index in [-0.39, 0.29) is 13.2 Å². The number of aromatic nitrogens is 2. The highest BCUT2D eigenvalue weighted by Crippen LogP contribution is 2.15. The summed E-state index contributed by atoms with van der Waals surface area (Å²) in [6.45, 7) is -0.499. The van der Waals surface area contributed by atoms with Crippen LogP contribution in [-0.2, 0) is 11.3 Å². The van der Waals surface area contributed by atoms with Gasteiger partial charge in [-0.25, -0.2) is 4.68 Å². The molecule has 0 bridgehead atoms. The lowest BCUT2D eigenvalue weighted by Crippen LogP contribution is -2.36. The van der Waals surface area contributed by atoms with Gasteiger partial charge in [-0.1, -0.05) is 30.3 Å². The van der Waals surface area contributed by atoms with Gasteiger partial charge in [-0.15, -0.1) is 0 Å². The summed E-state index contributed by atoms with van der Waals surface area (Å²) < 4.78 is 6.31. The Labute approximate surface area is 143 Å². The molecule has 3 rings (SSSR count). The maximum atomic E-state index is 12.3. The van der Waals surface area contributed by atoms with Crippen LogP contribution >= 0.6 is 0 Å². The fourth-order valence-corrected chi connectivity index (χ4v) is 2.41. The minimum Gasteiger partial charge on any atom is -0.463 e. The van der Waals surface area contributed by atoms with Gasteiger partial charge < -0.3 is 14.8 Å². The molecular weight excluding hydrogens is 322 g/mol. The predicted octanol–water partition coefficient (Wildman–Crippen LogP) is 1.35. The highest BCUT2D eigenvalue weighted by molar-refractivity contribution is 5.76. The van der Waals surface area contributed by atoms with Crippen LogP contribution in [0.3, 0.4) is 0 Å². The number of carbonyl (C=O) groups excluding carboxylic acids is 1. The Hall–Kier alpha value is -3.19. The largest absolute Gasteiger partial charge is 0.463 e. The number of furan rings is 1. The summed E-state index contributed by atoms with van der Waals surface area (Å²) in [6.07, 6.45) is 1.50. The Kier molecular flexibility index (Phi) is 5.06. The standard InChI is InChI=1S/C18H17N3O4/c22-12-15(13-5-2-1-3-6-13)19-17(23)11-21-18(24)9-8-14(20-21)16-7-4-10-25-16/h1-10,15,22H,11-12H2,(H,19,23)/t15-/m0/s1. The smallest absolute Gasteiger partial charge is 0.267 e. The fraction of sp³-hybridized carbons (Fsp3) is 0.167. The van der Waals surface area contributed by atoms with E-state index < -0.39 is 17.5 Å². The second kappa shape index (κ2) is 7.59. The summed E-state index contributed by atoms with van der Waals surface area (Å²) >= 11 is 0. The monoisotopic (exact) mass is 339 g/mol. The van der Waals surface area contributed by atoms with Gasteiger partial charge in [0, 0.05) is 6.07 Å². The molecule has 2 N–H and O–H groups in total. The van der Waals surface area contributed by atoms with Crippen LogP contribution < -0.4 is 10.9 Å². The van der Waals surface area contributed by atoms with Crippen LogP contribution in [0, 0.1) is 0 Å². The van der Waals surface area contributed by atoms with Crippen LogP contribution in [0.1, 0.15) is 11.6 Å². The fourth-order valence-electron chi connectivity index (χ4n) is 2.41. The predicted molar refractivity (Wildman–Crippen MR) is 90.6 cm³/mol. The Morgan fingerprint density at radius 2 is 1.96 bits per heavy atom. The Bertz CT molecular complexity index is 888. The van der Waals surface area contributed by atoms with E-state index in [1.807, 2.05) is 30.3 Å². The molecule has 7 nitrogen and oxygen atoms in total. The summed E-state index contributed by atoms with van der Waals surface area (Å²) in [5, 5.41) is 16.4. The van der Waals surface area contributed by atoms with Crippen LogP contribution in [0.4, 0.5) is 0 Å². The van der Waals surface area contributed by atoms with E-state index in [9.17, 15) is 14.7 Å². The van der Waals surface area contributed by atoms with E-state index in [0.29, 0.717) is 11.5 Å². The lowest BCUT2D eigenvalue weighted by Gasteiger charge is -2.17. The van der Waals surface area contributed by atoms with Gasteiger partial charge in [0.2, 0.25) is 5.91 Å². The third-order valence-corrected chi connectivity index (χ3v) is 3.65. The molecule has 7 heteroatoms. The molecule has 0 fully saturated rings. The third kappa shape index (κ3) is 4.02. The first-order chi connectivity index (χ1) is 12.2. The van der Waals surface area contributed by atoms with E-state index in [1.54, 1.807) is 12.1 Å². The van der Waals surface area contributed by atoms with E-state index >= 15 is 0 Å². The molecule has 1 amide bonds. The third-order valence-electron chi connectivity index (χ3n) is 3.65. The number of benzene rings is 1. The van der Waals surface area contributed by atoms with Crippen molar-refractivity contribution in [1.82, 2.24) is 15.1 Å². The molecule has 0 aliphatic rings. The van der Waals surface area contributed by atoms with Crippen molar-refractivity contribution < 1.29 is 14.3 Å². The summed E-state index contributed by atoms with van der Waals surface area (Å²) in [6, 6.07) is 14.9. The number of nitrogens with one attached hydrogen (secondary N) is 1. The van der Waals surface area contributed by atoms with Gasteiger partial charge in [-0.2, -0.15) is 5.10 Å². The number of rotatable bonds is 6. The summed E-state index contributed by atoms with van der Waals surface area (Å²) in [5.74, 6) is 0.0841. The van der Waals surface area contributed by atoms with Gasteiger partial charge in [0.15, 0.2) is 5.76 Å².